The summed E-state index contributed by atoms with van der Waals surface area (Å²) in [5, 5.41) is 9.37. The topological polar surface area (TPSA) is 78.3 Å². The highest BCUT2D eigenvalue weighted by Gasteiger charge is 2.30. The first-order valence-corrected chi connectivity index (χ1v) is 7.44. The van der Waals surface area contributed by atoms with Gasteiger partial charge in [0.1, 0.15) is 5.69 Å². The Kier molecular flexibility index (Phi) is 4.11. The summed E-state index contributed by atoms with van der Waals surface area (Å²) >= 11 is 0. The molecule has 6 heteroatoms. The monoisotopic (exact) mass is 301 g/mol. The average molecular weight is 301 g/mol. The number of aromatic amines is 1. The fourth-order valence-electron chi connectivity index (χ4n) is 2.94. The van der Waals surface area contributed by atoms with Crippen molar-refractivity contribution in [2.24, 2.45) is 0 Å². The minimum atomic E-state index is -0.299. The Morgan fingerprint density at radius 2 is 2.09 bits per heavy atom. The highest BCUT2D eigenvalue weighted by atomic mass is 16.3. The van der Waals surface area contributed by atoms with Crippen molar-refractivity contribution in [3.05, 3.63) is 58.3 Å². The number of likely N-dealkylation sites (tertiary alicyclic amines) is 1. The van der Waals surface area contributed by atoms with Gasteiger partial charge in [-0.05, 0) is 18.4 Å². The second kappa shape index (κ2) is 6.19. The second-order valence-electron chi connectivity index (χ2n) is 5.53. The number of carbonyl (C=O) groups is 1. The molecule has 6 nitrogen and oxygen atoms in total. The molecule has 22 heavy (non-hydrogen) atoms. The van der Waals surface area contributed by atoms with Crippen molar-refractivity contribution in [1.29, 1.82) is 0 Å². The van der Waals surface area contributed by atoms with Crippen LogP contribution in [0.25, 0.3) is 0 Å². The molecule has 116 valence electrons. The molecule has 2 aromatic rings. The lowest BCUT2D eigenvalue weighted by atomic mass is 10.2. The van der Waals surface area contributed by atoms with Crippen LogP contribution < -0.4 is 5.69 Å². The van der Waals surface area contributed by atoms with Crippen LogP contribution in [-0.4, -0.2) is 44.7 Å². The molecule has 3 rings (SSSR count). The van der Waals surface area contributed by atoms with E-state index in [1.54, 1.807) is 4.90 Å². The van der Waals surface area contributed by atoms with Gasteiger partial charge in [0.25, 0.3) is 5.91 Å². The maximum Gasteiger partial charge on any atom is 0.326 e. The molecule has 1 fully saturated rings. The van der Waals surface area contributed by atoms with Gasteiger partial charge in [0.2, 0.25) is 0 Å². The van der Waals surface area contributed by atoms with Crippen molar-refractivity contribution in [1.82, 2.24) is 14.5 Å². The van der Waals surface area contributed by atoms with E-state index in [1.807, 2.05) is 30.3 Å². The van der Waals surface area contributed by atoms with Crippen molar-refractivity contribution in [2.45, 2.75) is 25.4 Å². The molecular formula is C16H19N3O3. The summed E-state index contributed by atoms with van der Waals surface area (Å²) in [7, 11) is 0. The Hall–Kier alpha value is -2.34. The average Bonchev–Trinajstić information content (AvgIpc) is 3.15. The molecule has 1 aliphatic rings. The number of hydrogen-bond acceptors (Lipinski definition) is 3. The van der Waals surface area contributed by atoms with Crippen LogP contribution in [0.1, 0.15) is 28.9 Å². The Morgan fingerprint density at radius 1 is 1.32 bits per heavy atom. The predicted octanol–water partition coefficient (Wildman–Crippen LogP) is 0.822. The molecule has 1 unspecified atom stereocenters. The summed E-state index contributed by atoms with van der Waals surface area (Å²) in [5.74, 6) is -0.203. The van der Waals surface area contributed by atoms with Crippen LogP contribution in [0, 0.1) is 0 Å². The number of aromatic nitrogens is 2. The van der Waals surface area contributed by atoms with Crippen LogP contribution in [0.3, 0.4) is 0 Å². The number of imidazole rings is 1. The predicted molar refractivity (Wildman–Crippen MR) is 81.7 cm³/mol. The van der Waals surface area contributed by atoms with Crippen molar-refractivity contribution >= 4 is 5.91 Å². The number of amides is 1. The van der Waals surface area contributed by atoms with Crippen molar-refractivity contribution in [3.63, 3.8) is 0 Å². The van der Waals surface area contributed by atoms with Crippen molar-refractivity contribution in [2.75, 3.05) is 13.2 Å². The molecular weight excluding hydrogens is 282 g/mol. The highest BCUT2D eigenvalue weighted by molar-refractivity contribution is 5.92. The van der Waals surface area contributed by atoms with Crippen LogP contribution in [0.5, 0.6) is 0 Å². The summed E-state index contributed by atoms with van der Waals surface area (Å²) in [5.41, 5.74) is 1.000. The zero-order valence-electron chi connectivity index (χ0n) is 12.2. The lowest BCUT2D eigenvalue weighted by Gasteiger charge is -2.23. The number of H-pyrrole nitrogens is 1. The summed E-state index contributed by atoms with van der Waals surface area (Å²) in [6.45, 7) is 0.926. The molecule has 1 saturated heterocycles. The minimum Gasteiger partial charge on any atom is -0.394 e. The van der Waals surface area contributed by atoms with Gasteiger partial charge in [-0.25, -0.2) is 4.79 Å². The lowest BCUT2D eigenvalue weighted by molar-refractivity contribution is 0.0667. The number of carbonyl (C=O) groups excluding carboxylic acids is 1. The smallest absolute Gasteiger partial charge is 0.326 e. The van der Waals surface area contributed by atoms with Gasteiger partial charge < -0.3 is 15.0 Å². The third-order valence-corrected chi connectivity index (χ3v) is 4.12. The quantitative estimate of drug-likeness (QED) is 0.877. The Bertz CT molecular complexity index is 705. The molecule has 1 aliphatic heterocycles. The third-order valence-electron chi connectivity index (χ3n) is 4.12. The van der Waals surface area contributed by atoms with Gasteiger partial charge in [-0.3, -0.25) is 9.36 Å². The van der Waals surface area contributed by atoms with Crippen LogP contribution in [0.15, 0.2) is 41.3 Å². The molecule has 0 saturated carbocycles. The summed E-state index contributed by atoms with van der Waals surface area (Å²) in [6.07, 6.45) is 3.14. The summed E-state index contributed by atoms with van der Waals surface area (Å²) in [6, 6.07) is 9.39. The van der Waals surface area contributed by atoms with E-state index >= 15 is 0 Å². The van der Waals surface area contributed by atoms with E-state index in [1.165, 1.54) is 10.8 Å². The number of hydrogen-bond donors (Lipinski definition) is 2. The number of aliphatic hydroxyl groups excluding tert-OH is 1. The van der Waals surface area contributed by atoms with Crippen molar-refractivity contribution in [3.8, 4) is 0 Å². The van der Waals surface area contributed by atoms with E-state index in [2.05, 4.69) is 4.98 Å². The van der Waals surface area contributed by atoms with Gasteiger partial charge in [0.15, 0.2) is 0 Å². The number of benzene rings is 1. The van der Waals surface area contributed by atoms with Gasteiger partial charge in [0, 0.05) is 12.7 Å². The van der Waals surface area contributed by atoms with E-state index in [0.29, 0.717) is 18.8 Å². The van der Waals surface area contributed by atoms with E-state index < -0.39 is 0 Å². The summed E-state index contributed by atoms with van der Waals surface area (Å²) in [4.78, 5) is 28.9. The number of nitrogens with one attached hydrogen (secondary N) is 1. The van der Waals surface area contributed by atoms with Gasteiger partial charge in [-0.15, -0.1) is 0 Å². The first-order chi connectivity index (χ1) is 10.7. The molecule has 1 aromatic carbocycles. The van der Waals surface area contributed by atoms with Gasteiger partial charge in [-0.1, -0.05) is 30.3 Å². The highest BCUT2D eigenvalue weighted by Crippen LogP contribution is 2.19. The molecule has 0 bridgehead atoms. The Morgan fingerprint density at radius 3 is 2.82 bits per heavy atom. The van der Waals surface area contributed by atoms with Crippen LogP contribution in [-0.2, 0) is 6.54 Å². The SMILES string of the molecule is O=C(c1c[nH]c(=O)n1Cc1ccccc1)N1CCCC1CO. The zero-order valence-corrected chi connectivity index (χ0v) is 12.2. The maximum absolute atomic E-state index is 12.7. The molecule has 1 atom stereocenters. The van der Waals surface area contributed by atoms with E-state index in [4.69, 9.17) is 0 Å². The van der Waals surface area contributed by atoms with Crippen LogP contribution >= 0.6 is 0 Å². The standard InChI is InChI=1S/C16H19N3O3/c20-11-13-7-4-8-18(13)15(21)14-9-17-16(22)19(14)10-12-5-2-1-3-6-12/h1-3,5-6,9,13,20H,4,7-8,10-11H2,(H,17,22). The molecule has 1 amide bonds. The first-order valence-electron chi connectivity index (χ1n) is 7.44. The zero-order chi connectivity index (χ0) is 15.5. The maximum atomic E-state index is 12.7. The molecule has 2 heterocycles. The molecule has 1 aromatic heterocycles. The second-order valence-corrected chi connectivity index (χ2v) is 5.53. The summed E-state index contributed by atoms with van der Waals surface area (Å²) < 4.78 is 1.45. The fourth-order valence-corrected chi connectivity index (χ4v) is 2.94. The first kappa shape index (κ1) is 14.6. The van der Waals surface area contributed by atoms with Gasteiger partial charge >= 0.3 is 5.69 Å². The number of nitrogens with zero attached hydrogens (tertiary/aromatic N) is 2. The largest absolute Gasteiger partial charge is 0.394 e. The van der Waals surface area contributed by atoms with E-state index in [-0.39, 0.29) is 24.2 Å². The van der Waals surface area contributed by atoms with Crippen molar-refractivity contribution < 1.29 is 9.90 Å². The normalized spacial score (nSPS) is 17.9. The molecule has 0 radical (unpaired) electrons. The number of aliphatic hydroxyl groups is 1. The van der Waals surface area contributed by atoms with E-state index in [9.17, 15) is 14.7 Å². The number of rotatable bonds is 4. The molecule has 0 spiro atoms. The third kappa shape index (κ3) is 2.69. The fraction of sp³-hybridized carbons (Fsp3) is 0.375. The molecule has 0 aliphatic carbocycles. The Labute approximate surface area is 128 Å². The van der Waals surface area contributed by atoms with E-state index in [0.717, 1.165) is 18.4 Å². The van der Waals surface area contributed by atoms with Gasteiger partial charge in [-0.2, -0.15) is 0 Å². The lowest BCUT2D eigenvalue weighted by Crippen LogP contribution is -2.39. The minimum absolute atomic E-state index is 0.0426. The van der Waals surface area contributed by atoms with Gasteiger partial charge in [0.05, 0.1) is 19.2 Å². The molecule has 2 N–H and O–H groups in total. The Balaban J connectivity index is 1.89. The van der Waals surface area contributed by atoms with Crippen LogP contribution in [0.4, 0.5) is 0 Å². The van der Waals surface area contributed by atoms with Crippen LogP contribution in [0.2, 0.25) is 0 Å².